The lowest BCUT2D eigenvalue weighted by Crippen LogP contribution is -2.00. The summed E-state index contributed by atoms with van der Waals surface area (Å²) in [4.78, 5) is 9.33. The SMILES string of the molecule is COc1ccc(N=Nc2ccc(OCCCCCCCCCCCOc3ccc(C=Nc4ccc(OCCCCCOc5ccc(N=Cc6ccc(OCCCCCCCCCCCOc7ccc(N=Nc8ccc(OC)cc8)cc7)cc6)cc5)cc4)cc3)cc2)cc1. The van der Waals surface area contributed by atoms with Crippen LogP contribution in [0.2, 0.25) is 0 Å². The summed E-state index contributed by atoms with van der Waals surface area (Å²) in [5.74, 6) is 6.80. The quantitative estimate of drug-likeness (QED) is 0.0208. The second kappa shape index (κ2) is 42.7. The van der Waals surface area contributed by atoms with Gasteiger partial charge in [-0.15, -0.1) is 0 Å². The standard InChI is InChI=1S/C79H94N6O8/c1-86-72-44-32-68(33-45-72)82-84-70-36-52-78(53-37-70)90-58-20-15-11-7-3-5-9-13-18-56-88-74-40-24-64(25-41-74)62-80-66-28-48-76(49-29-66)92-60-22-17-23-61-93-77-50-30-67(31-51-77)81-63-65-26-42-75(43-27-65)89-57-19-14-10-6-4-8-12-16-21-59-91-79-54-38-71(39-55-79)85-83-69-34-46-73(87-2)47-35-69/h24-55,62-63H,3-23,56-61H2,1-2H3. The van der Waals surface area contributed by atoms with Crippen LogP contribution in [0.3, 0.4) is 0 Å². The van der Waals surface area contributed by atoms with Gasteiger partial charge in [0, 0.05) is 12.4 Å². The molecule has 8 aromatic carbocycles. The molecule has 0 aliphatic rings. The van der Waals surface area contributed by atoms with Crippen LogP contribution in [0, 0.1) is 0 Å². The van der Waals surface area contributed by atoms with Gasteiger partial charge in [0.15, 0.2) is 0 Å². The Hall–Kier alpha value is -9.30. The Labute approximate surface area is 552 Å². The molecular weight excluding hydrogens is 1160 g/mol. The molecule has 0 aliphatic carbocycles. The number of aliphatic imine (C=N–C) groups is 2. The van der Waals surface area contributed by atoms with E-state index in [4.69, 9.17) is 37.9 Å². The van der Waals surface area contributed by atoms with E-state index in [1.54, 1.807) is 14.2 Å². The first-order valence-electron chi connectivity index (χ1n) is 33.6. The summed E-state index contributed by atoms with van der Waals surface area (Å²) in [6.45, 7) is 4.25. The fourth-order valence-corrected chi connectivity index (χ4v) is 10.0. The molecule has 488 valence electrons. The summed E-state index contributed by atoms with van der Waals surface area (Å²) in [6.07, 6.45) is 28.4. The molecule has 0 saturated carbocycles. The average molecular weight is 1260 g/mol. The number of hydrogen-bond donors (Lipinski definition) is 0. The molecule has 14 nitrogen and oxygen atoms in total. The number of hydrogen-bond acceptors (Lipinski definition) is 14. The second-order valence-corrected chi connectivity index (χ2v) is 22.9. The zero-order valence-electron chi connectivity index (χ0n) is 54.7. The molecule has 0 amide bonds. The third kappa shape index (κ3) is 28.8. The van der Waals surface area contributed by atoms with Crippen molar-refractivity contribution >= 4 is 46.6 Å². The van der Waals surface area contributed by atoms with Crippen LogP contribution in [-0.4, -0.2) is 66.3 Å². The highest BCUT2D eigenvalue weighted by Gasteiger charge is 2.04. The highest BCUT2D eigenvalue weighted by atomic mass is 16.5. The molecular formula is C79H94N6O8. The Bertz CT molecular complexity index is 3150. The number of rotatable bonds is 46. The molecule has 0 N–H and O–H groups in total. The number of unbranched alkanes of at least 4 members (excludes halogenated alkanes) is 18. The lowest BCUT2D eigenvalue weighted by atomic mass is 10.1. The van der Waals surface area contributed by atoms with E-state index in [0.717, 1.165) is 163 Å². The molecule has 0 atom stereocenters. The third-order valence-electron chi connectivity index (χ3n) is 15.5. The maximum atomic E-state index is 6.03. The van der Waals surface area contributed by atoms with Gasteiger partial charge in [-0.05, 0) is 250 Å². The van der Waals surface area contributed by atoms with Crippen molar-refractivity contribution in [1.82, 2.24) is 0 Å². The van der Waals surface area contributed by atoms with Gasteiger partial charge < -0.3 is 37.9 Å². The van der Waals surface area contributed by atoms with E-state index in [9.17, 15) is 0 Å². The van der Waals surface area contributed by atoms with Crippen LogP contribution in [0.15, 0.2) is 225 Å². The van der Waals surface area contributed by atoms with Crippen LogP contribution in [0.25, 0.3) is 0 Å². The minimum Gasteiger partial charge on any atom is -0.497 e. The van der Waals surface area contributed by atoms with E-state index in [0.29, 0.717) is 13.2 Å². The van der Waals surface area contributed by atoms with Crippen molar-refractivity contribution in [3.05, 3.63) is 205 Å². The van der Waals surface area contributed by atoms with E-state index >= 15 is 0 Å². The number of azo groups is 2. The van der Waals surface area contributed by atoms with Gasteiger partial charge in [-0.3, -0.25) is 9.98 Å². The number of benzene rings is 8. The average Bonchev–Trinajstić information content (AvgIpc) is 3.71. The van der Waals surface area contributed by atoms with Crippen molar-refractivity contribution in [3.63, 3.8) is 0 Å². The molecule has 8 aromatic rings. The largest absolute Gasteiger partial charge is 0.497 e. The van der Waals surface area contributed by atoms with Crippen LogP contribution < -0.4 is 37.9 Å². The topological polar surface area (TPSA) is 148 Å². The maximum Gasteiger partial charge on any atom is 0.119 e. The highest BCUT2D eigenvalue weighted by Crippen LogP contribution is 2.27. The Morgan fingerprint density at radius 2 is 0.376 bits per heavy atom. The summed E-state index contributed by atoms with van der Waals surface area (Å²) in [5.41, 5.74) is 6.95. The molecule has 93 heavy (non-hydrogen) atoms. The first-order chi connectivity index (χ1) is 46.0. The van der Waals surface area contributed by atoms with Gasteiger partial charge >= 0.3 is 0 Å². The molecule has 8 rings (SSSR count). The van der Waals surface area contributed by atoms with Gasteiger partial charge in [-0.25, -0.2) is 0 Å². The van der Waals surface area contributed by atoms with Crippen LogP contribution in [0.4, 0.5) is 34.1 Å². The first-order valence-corrected chi connectivity index (χ1v) is 33.6. The van der Waals surface area contributed by atoms with E-state index in [1.807, 2.05) is 207 Å². The normalized spacial score (nSPS) is 11.5. The zero-order chi connectivity index (χ0) is 64.3. The van der Waals surface area contributed by atoms with Crippen molar-refractivity contribution < 1.29 is 37.9 Å². The number of methoxy groups -OCH3 is 2. The lowest BCUT2D eigenvalue weighted by Gasteiger charge is -2.08. The molecule has 0 radical (unpaired) electrons. The van der Waals surface area contributed by atoms with Gasteiger partial charge in [0.05, 0.1) is 88.0 Å². The summed E-state index contributed by atoms with van der Waals surface area (Å²) in [5, 5.41) is 17.2. The molecule has 0 aromatic heterocycles. The van der Waals surface area contributed by atoms with Crippen LogP contribution in [0.1, 0.15) is 146 Å². The van der Waals surface area contributed by atoms with Crippen molar-refractivity contribution in [1.29, 1.82) is 0 Å². The van der Waals surface area contributed by atoms with Gasteiger partial charge in [0.2, 0.25) is 0 Å². The van der Waals surface area contributed by atoms with E-state index in [1.165, 1.54) is 89.9 Å². The second-order valence-electron chi connectivity index (χ2n) is 22.9. The van der Waals surface area contributed by atoms with Crippen LogP contribution >= 0.6 is 0 Å². The molecule has 14 heteroatoms. The zero-order valence-corrected chi connectivity index (χ0v) is 54.7. The Kier molecular flexibility index (Phi) is 31.9. The predicted molar refractivity (Wildman–Crippen MR) is 377 cm³/mol. The lowest BCUT2D eigenvalue weighted by molar-refractivity contribution is 0.279. The molecule has 0 aliphatic heterocycles. The summed E-state index contributed by atoms with van der Waals surface area (Å²) >= 11 is 0. The number of ether oxygens (including phenoxy) is 8. The molecule has 0 spiro atoms. The van der Waals surface area contributed by atoms with Crippen molar-refractivity contribution in [2.75, 3.05) is 53.9 Å². The predicted octanol–water partition coefficient (Wildman–Crippen LogP) is 22.6. The van der Waals surface area contributed by atoms with Crippen LogP contribution in [-0.2, 0) is 0 Å². The Balaban J connectivity index is 0.554. The summed E-state index contributed by atoms with van der Waals surface area (Å²) in [7, 11) is 3.30. The van der Waals surface area contributed by atoms with E-state index in [2.05, 4.69) is 30.4 Å². The van der Waals surface area contributed by atoms with Gasteiger partial charge in [0.25, 0.3) is 0 Å². The summed E-state index contributed by atoms with van der Waals surface area (Å²) in [6, 6.07) is 62.6. The minimum absolute atomic E-state index is 0.656. The molecule has 0 fully saturated rings. The van der Waals surface area contributed by atoms with Crippen molar-refractivity contribution in [3.8, 4) is 46.0 Å². The smallest absolute Gasteiger partial charge is 0.119 e. The van der Waals surface area contributed by atoms with Gasteiger partial charge in [-0.2, -0.15) is 20.5 Å². The van der Waals surface area contributed by atoms with Crippen molar-refractivity contribution in [2.45, 2.75) is 135 Å². The Morgan fingerprint density at radius 3 is 0.591 bits per heavy atom. The van der Waals surface area contributed by atoms with Gasteiger partial charge in [0.1, 0.15) is 46.0 Å². The molecule has 0 unspecified atom stereocenters. The number of nitrogens with zero attached hydrogens (tertiary/aromatic N) is 6. The highest BCUT2D eigenvalue weighted by molar-refractivity contribution is 5.82. The fraction of sp³-hybridized carbons (Fsp3) is 0.367. The summed E-state index contributed by atoms with van der Waals surface area (Å²) < 4.78 is 46.3. The first kappa shape index (κ1) is 69.6. The fourth-order valence-electron chi connectivity index (χ4n) is 10.0. The molecule has 0 bridgehead atoms. The molecule has 0 heterocycles. The monoisotopic (exact) mass is 1250 g/mol. The van der Waals surface area contributed by atoms with E-state index < -0.39 is 0 Å². The minimum atomic E-state index is 0.656. The van der Waals surface area contributed by atoms with Crippen molar-refractivity contribution in [2.24, 2.45) is 30.4 Å². The van der Waals surface area contributed by atoms with E-state index in [-0.39, 0.29) is 0 Å². The van der Waals surface area contributed by atoms with Gasteiger partial charge in [-0.1, -0.05) is 89.9 Å². The van der Waals surface area contributed by atoms with Crippen LogP contribution in [0.5, 0.6) is 46.0 Å². The Morgan fingerprint density at radius 1 is 0.204 bits per heavy atom. The third-order valence-corrected chi connectivity index (χ3v) is 15.5. The molecule has 0 saturated heterocycles. The maximum absolute atomic E-state index is 6.03.